The summed E-state index contributed by atoms with van der Waals surface area (Å²) in [5.74, 6) is -0.633. The number of aryl methyl sites for hydroxylation is 1. The molecule has 0 aliphatic carbocycles. The molecule has 0 bridgehead atoms. The molecule has 7 heteroatoms. The number of benzene rings is 1. The predicted octanol–water partition coefficient (Wildman–Crippen LogP) is 3.27. The second-order valence-corrected chi connectivity index (χ2v) is 5.56. The van der Waals surface area contributed by atoms with Crippen LogP contribution < -0.4 is 16.8 Å². The molecule has 2 rings (SSSR count). The summed E-state index contributed by atoms with van der Waals surface area (Å²) in [6.07, 6.45) is 2.75. The summed E-state index contributed by atoms with van der Waals surface area (Å²) >= 11 is 7.33. The van der Waals surface area contributed by atoms with E-state index in [-0.39, 0.29) is 22.1 Å². The van der Waals surface area contributed by atoms with E-state index in [1.165, 1.54) is 10.9 Å². The summed E-state index contributed by atoms with van der Waals surface area (Å²) in [7, 11) is 0. The Balaban J connectivity index is 2.17. The van der Waals surface area contributed by atoms with E-state index in [1.807, 2.05) is 6.20 Å². The minimum atomic E-state index is -0.633. The summed E-state index contributed by atoms with van der Waals surface area (Å²) in [6, 6.07) is 1.44. The van der Waals surface area contributed by atoms with Gasteiger partial charge in [0.2, 0.25) is 0 Å². The van der Waals surface area contributed by atoms with Gasteiger partial charge >= 0.3 is 0 Å². The fraction of sp³-hybridized carbons (Fsp3) is 0.250. The quantitative estimate of drug-likeness (QED) is 0.757. The van der Waals surface area contributed by atoms with Crippen LogP contribution >= 0.6 is 22.9 Å². The summed E-state index contributed by atoms with van der Waals surface area (Å²) in [5.41, 5.74) is 11.8. The number of nitrogens with two attached hydrogens (primary N) is 2. The van der Waals surface area contributed by atoms with Gasteiger partial charge in [-0.3, -0.25) is 0 Å². The van der Waals surface area contributed by atoms with Crippen molar-refractivity contribution in [3.8, 4) is 0 Å². The van der Waals surface area contributed by atoms with Crippen molar-refractivity contribution in [3.05, 3.63) is 33.0 Å². The van der Waals surface area contributed by atoms with Gasteiger partial charge < -0.3 is 16.8 Å². The molecule has 4 nitrogen and oxygen atoms in total. The van der Waals surface area contributed by atoms with Gasteiger partial charge in [-0.1, -0.05) is 18.5 Å². The largest absolute Gasteiger partial charge is 0.397 e. The zero-order valence-electron chi connectivity index (χ0n) is 10.3. The van der Waals surface area contributed by atoms with Crippen LogP contribution in [0.4, 0.5) is 21.5 Å². The third-order valence-corrected chi connectivity index (χ3v) is 4.16. The number of hydrogen-bond donors (Lipinski definition) is 3. The maximum absolute atomic E-state index is 13.9. The molecule has 2 aromatic rings. The van der Waals surface area contributed by atoms with E-state index >= 15 is 0 Å². The van der Waals surface area contributed by atoms with Gasteiger partial charge in [-0.25, -0.2) is 9.37 Å². The molecule has 1 heterocycles. The maximum atomic E-state index is 13.9. The van der Waals surface area contributed by atoms with E-state index in [0.717, 1.165) is 11.4 Å². The van der Waals surface area contributed by atoms with Crippen LogP contribution in [0.25, 0.3) is 0 Å². The number of nitrogens with one attached hydrogen (secondary N) is 1. The first-order valence-corrected chi connectivity index (χ1v) is 6.92. The number of anilines is 3. The summed E-state index contributed by atoms with van der Waals surface area (Å²) in [4.78, 5) is 5.42. The van der Waals surface area contributed by atoms with Crippen molar-refractivity contribution in [2.75, 3.05) is 16.8 Å². The second-order valence-electron chi connectivity index (χ2n) is 3.99. The topological polar surface area (TPSA) is 77.0 Å². The van der Waals surface area contributed by atoms with Gasteiger partial charge in [-0.05, 0) is 12.5 Å². The molecular weight excluding hydrogens is 287 g/mol. The minimum Gasteiger partial charge on any atom is -0.397 e. The van der Waals surface area contributed by atoms with Crippen molar-refractivity contribution in [2.24, 2.45) is 0 Å². The first-order chi connectivity index (χ1) is 9.02. The van der Waals surface area contributed by atoms with Gasteiger partial charge in [0.05, 0.1) is 23.6 Å². The van der Waals surface area contributed by atoms with Crippen molar-refractivity contribution in [2.45, 2.75) is 19.9 Å². The minimum absolute atomic E-state index is 0.120. The predicted molar refractivity (Wildman–Crippen MR) is 79.1 cm³/mol. The molecule has 0 fully saturated rings. The van der Waals surface area contributed by atoms with Crippen molar-refractivity contribution >= 4 is 40.0 Å². The molecule has 0 aliphatic rings. The molecule has 102 valence electrons. The Labute approximate surface area is 119 Å². The van der Waals surface area contributed by atoms with Crippen LogP contribution in [-0.4, -0.2) is 4.98 Å². The molecule has 0 atom stereocenters. The van der Waals surface area contributed by atoms with Gasteiger partial charge in [0, 0.05) is 11.1 Å². The molecule has 19 heavy (non-hydrogen) atoms. The van der Waals surface area contributed by atoms with Crippen LogP contribution in [0.2, 0.25) is 5.02 Å². The lowest BCUT2D eigenvalue weighted by molar-refractivity contribution is 0.632. The molecule has 0 amide bonds. The molecular formula is C12H14ClFN4S. The Kier molecular flexibility index (Phi) is 4.11. The van der Waals surface area contributed by atoms with E-state index in [1.54, 1.807) is 11.3 Å². The summed E-state index contributed by atoms with van der Waals surface area (Å²) in [5, 5.41) is 3.66. The highest BCUT2D eigenvalue weighted by Crippen LogP contribution is 2.34. The van der Waals surface area contributed by atoms with E-state index < -0.39 is 5.82 Å². The highest BCUT2D eigenvalue weighted by molar-refractivity contribution is 7.11. The third kappa shape index (κ3) is 2.90. The number of nitrogens with zero attached hydrogens (tertiary/aromatic N) is 1. The van der Waals surface area contributed by atoms with Gasteiger partial charge in [0.1, 0.15) is 10.0 Å². The zero-order valence-corrected chi connectivity index (χ0v) is 11.9. The zero-order chi connectivity index (χ0) is 14.0. The number of halogens is 2. The highest BCUT2D eigenvalue weighted by Gasteiger charge is 2.14. The van der Waals surface area contributed by atoms with E-state index in [2.05, 4.69) is 17.2 Å². The first-order valence-electron chi connectivity index (χ1n) is 5.73. The molecule has 0 saturated heterocycles. The Morgan fingerprint density at radius 3 is 2.79 bits per heavy atom. The highest BCUT2D eigenvalue weighted by atomic mass is 35.5. The van der Waals surface area contributed by atoms with Crippen LogP contribution in [0.3, 0.4) is 0 Å². The van der Waals surface area contributed by atoms with Crippen LogP contribution in [-0.2, 0) is 13.0 Å². The number of aromatic nitrogens is 1. The lowest BCUT2D eigenvalue weighted by Gasteiger charge is -2.11. The number of hydrogen-bond acceptors (Lipinski definition) is 5. The lowest BCUT2D eigenvalue weighted by Crippen LogP contribution is -2.06. The number of rotatable bonds is 4. The fourth-order valence-electron chi connectivity index (χ4n) is 1.60. The molecule has 0 radical (unpaired) electrons. The Bertz CT molecular complexity index is 600. The van der Waals surface area contributed by atoms with E-state index in [9.17, 15) is 4.39 Å². The number of nitrogen functional groups attached to an aromatic ring is 2. The molecule has 0 saturated carbocycles. The normalized spacial score (nSPS) is 10.7. The third-order valence-electron chi connectivity index (χ3n) is 2.63. The van der Waals surface area contributed by atoms with Crippen LogP contribution in [0.1, 0.15) is 16.8 Å². The molecule has 0 unspecified atom stereocenters. The average Bonchev–Trinajstić information content (AvgIpc) is 2.84. The van der Waals surface area contributed by atoms with Crippen molar-refractivity contribution < 1.29 is 4.39 Å². The monoisotopic (exact) mass is 300 g/mol. The molecule has 1 aromatic heterocycles. The van der Waals surface area contributed by atoms with Crippen LogP contribution in [0.15, 0.2) is 12.3 Å². The maximum Gasteiger partial charge on any atom is 0.169 e. The van der Waals surface area contributed by atoms with Gasteiger partial charge in [0.15, 0.2) is 5.82 Å². The Hall–Kier alpha value is -1.53. The van der Waals surface area contributed by atoms with Crippen molar-refractivity contribution in [1.82, 2.24) is 4.98 Å². The molecule has 0 aliphatic heterocycles. The molecule has 5 N–H and O–H groups in total. The summed E-state index contributed by atoms with van der Waals surface area (Å²) < 4.78 is 13.9. The average molecular weight is 301 g/mol. The Morgan fingerprint density at radius 2 is 2.16 bits per heavy atom. The SMILES string of the molecule is CCc1cnc(CNc2c(N)cc(N)c(Cl)c2F)s1. The fourth-order valence-corrected chi connectivity index (χ4v) is 2.55. The van der Waals surface area contributed by atoms with Crippen LogP contribution in [0, 0.1) is 5.82 Å². The van der Waals surface area contributed by atoms with Crippen LogP contribution in [0.5, 0.6) is 0 Å². The van der Waals surface area contributed by atoms with Gasteiger partial charge in [-0.15, -0.1) is 11.3 Å². The smallest absolute Gasteiger partial charge is 0.169 e. The second kappa shape index (κ2) is 5.63. The molecule has 1 aromatic carbocycles. The number of thiazole rings is 1. The van der Waals surface area contributed by atoms with Crippen molar-refractivity contribution in [3.63, 3.8) is 0 Å². The first kappa shape index (κ1) is 13.9. The van der Waals surface area contributed by atoms with E-state index in [0.29, 0.717) is 6.54 Å². The summed E-state index contributed by atoms with van der Waals surface area (Å²) in [6.45, 7) is 2.45. The molecule has 0 spiro atoms. The van der Waals surface area contributed by atoms with Gasteiger partial charge in [0.25, 0.3) is 0 Å². The lowest BCUT2D eigenvalue weighted by atomic mass is 10.2. The van der Waals surface area contributed by atoms with Crippen molar-refractivity contribution in [1.29, 1.82) is 0 Å². The Morgan fingerprint density at radius 1 is 1.42 bits per heavy atom. The van der Waals surface area contributed by atoms with E-state index in [4.69, 9.17) is 23.1 Å². The standard InChI is InChI=1S/C12H14ClFN4S/c1-2-6-4-17-9(19-6)5-18-12-8(16)3-7(15)10(13)11(12)14/h3-4,18H,2,5,15-16H2,1H3. The van der Waals surface area contributed by atoms with Gasteiger partial charge in [-0.2, -0.15) is 0 Å².